The Kier molecular flexibility index (Phi) is 6.02. The summed E-state index contributed by atoms with van der Waals surface area (Å²) in [6, 6.07) is 12.1. The lowest BCUT2D eigenvalue weighted by atomic mass is 9.94. The molecule has 31 heavy (non-hydrogen) atoms. The molecule has 0 spiro atoms. The minimum atomic E-state index is -0.816. The minimum Gasteiger partial charge on any atom is -0.448 e. The number of halogens is 1. The Labute approximate surface area is 180 Å². The molecule has 0 unspecified atom stereocenters. The molecular formula is C24H25FN2O4. The Morgan fingerprint density at radius 3 is 2.65 bits per heavy atom. The van der Waals surface area contributed by atoms with E-state index in [2.05, 4.69) is 5.32 Å². The van der Waals surface area contributed by atoms with E-state index in [1.165, 1.54) is 6.07 Å². The van der Waals surface area contributed by atoms with Crippen LogP contribution in [0.25, 0.3) is 0 Å². The number of aryl methyl sites for hydroxylation is 1. The van der Waals surface area contributed by atoms with Crippen LogP contribution in [0.5, 0.6) is 0 Å². The van der Waals surface area contributed by atoms with E-state index in [-0.39, 0.29) is 30.1 Å². The third-order valence-electron chi connectivity index (χ3n) is 6.05. The molecule has 2 aliphatic heterocycles. The van der Waals surface area contributed by atoms with E-state index >= 15 is 0 Å². The van der Waals surface area contributed by atoms with Gasteiger partial charge in [0.2, 0.25) is 5.91 Å². The third-order valence-corrected chi connectivity index (χ3v) is 6.05. The monoisotopic (exact) mass is 424 g/mol. The number of nitrogens with one attached hydrogen (secondary N) is 1. The van der Waals surface area contributed by atoms with E-state index in [1.54, 1.807) is 36.1 Å². The number of esters is 1. The van der Waals surface area contributed by atoms with Gasteiger partial charge in [-0.3, -0.25) is 9.59 Å². The highest BCUT2D eigenvalue weighted by atomic mass is 19.1. The molecule has 0 aliphatic carbocycles. The number of amides is 2. The summed E-state index contributed by atoms with van der Waals surface area (Å²) in [6.45, 7) is 2.84. The van der Waals surface area contributed by atoms with Crippen LogP contribution in [0, 0.1) is 18.7 Å². The summed E-state index contributed by atoms with van der Waals surface area (Å²) in [4.78, 5) is 39.2. The van der Waals surface area contributed by atoms with Crippen LogP contribution < -0.4 is 5.32 Å². The van der Waals surface area contributed by atoms with Gasteiger partial charge in [0.15, 0.2) is 6.10 Å². The molecule has 7 heteroatoms. The molecule has 1 N–H and O–H groups in total. The number of carbonyl (C=O) groups excluding carboxylic acids is 3. The highest BCUT2D eigenvalue weighted by Gasteiger charge is 2.36. The van der Waals surface area contributed by atoms with Gasteiger partial charge >= 0.3 is 5.97 Å². The van der Waals surface area contributed by atoms with Crippen molar-refractivity contribution in [2.24, 2.45) is 5.92 Å². The van der Waals surface area contributed by atoms with Gasteiger partial charge in [0, 0.05) is 32.0 Å². The summed E-state index contributed by atoms with van der Waals surface area (Å²) in [5.41, 5.74) is 2.61. The number of hydrogen-bond donors (Lipinski definition) is 1. The first-order valence-electron chi connectivity index (χ1n) is 10.5. The summed E-state index contributed by atoms with van der Waals surface area (Å²) in [6.07, 6.45) is 0.631. The van der Waals surface area contributed by atoms with E-state index in [0.717, 1.165) is 5.56 Å². The van der Waals surface area contributed by atoms with Crippen LogP contribution in [0.2, 0.25) is 0 Å². The molecule has 0 radical (unpaired) electrons. The number of hydrogen-bond acceptors (Lipinski definition) is 4. The van der Waals surface area contributed by atoms with Crippen molar-refractivity contribution in [3.63, 3.8) is 0 Å². The summed E-state index contributed by atoms with van der Waals surface area (Å²) in [5.74, 6) is -1.26. The third kappa shape index (κ3) is 4.60. The molecule has 162 valence electrons. The molecule has 4 rings (SSSR count). The lowest BCUT2D eigenvalue weighted by molar-refractivity contribution is -0.144. The van der Waals surface area contributed by atoms with Crippen molar-refractivity contribution >= 4 is 17.8 Å². The number of nitrogens with zero attached hydrogens (tertiary/aromatic N) is 1. The number of ether oxygens (including phenoxy) is 1. The van der Waals surface area contributed by atoms with Crippen molar-refractivity contribution in [3.8, 4) is 0 Å². The van der Waals surface area contributed by atoms with E-state index in [0.29, 0.717) is 49.0 Å². The summed E-state index contributed by atoms with van der Waals surface area (Å²) < 4.78 is 19.0. The highest BCUT2D eigenvalue weighted by molar-refractivity contribution is 5.95. The molecule has 2 aromatic carbocycles. The highest BCUT2D eigenvalue weighted by Crippen LogP contribution is 2.24. The average molecular weight is 424 g/mol. The van der Waals surface area contributed by atoms with Crippen LogP contribution in [0.1, 0.15) is 39.9 Å². The SMILES string of the molecule is Cc1ccc(CNC(=O)C2CCN(C(=O)[C@@H]3Cc4ccccc4C(=O)O3)CC2)cc1F. The molecule has 1 atom stereocenters. The number of carbonyl (C=O) groups is 3. The van der Waals surface area contributed by atoms with E-state index in [4.69, 9.17) is 4.74 Å². The number of benzene rings is 2. The Morgan fingerprint density at radius 1 is 1.16 bits per heavy atom. The van der Waals surface area contributed by atoms with Crippen LogP contribution >= 0.6 is 0 Å². The maximum Gasteiger partial charge on any atom is 0.339 e. The molecule has 1 fully saturated rings. The molecular weight excluding hydrogens is 399 g/mol. The van der Waals surface area contributed by atoms with Gasteiger partial charge < -0.3 is 15.0 Å². The second-order valence-corrected chi connectivity index (χ2v) is 8.16. The summed E-state index contributed by atoms with van der Waals surface area (Å²) >= 11 is 0. The molecule has 2 heterocycles. The Bertz CT molecular complexity index is 1010. The number of likely N-dealkylation sites (tertiary alicyclic amines) is 1. The number of rotatable bonds is 4. The zero-order valence-electron chi connectivity index (χ0n) is 17.4. The van der Waals surface area contributed by atoms with E-state index in [9.17, 15) is 18.8 Å². The van der Waals surface area contributed by atoms with Crippen molar-refractivity contribution in [3.05, 3.63) is 70.5 Å². The number of piperidine rings is 1. The Morgan fingerprint density at radius 2 is 1.90 bits per heavy atom. The minimum absolute atomic E-state index is 0.0916. The quantitative estimate of drug-likeness (QED) is 0.766. The van der Waals surface area contributed by atoms with Gasteiger partial charge in [-0.15, -0.1) is 0 Å². The zero-order chi connectivity index (χ0) is 22.0. The first kappa shape index (κ1) is 21.0. The predicted molar refractivity (Wildman–Crippen MR) is 112 cm³/mol. The largest absolute Gasteiger partial charge is 0.448 e. The van der Waals surface area contributed by atoms with Gasteiger partial charge in [-0.05, 0) is 48.6 Å². The van der Waals surface area contributed by atoms with Crippen LogP contribution in [-0.2, 0) is 27.3 Å². The normalized spacial score (nSPS) is 18.8. The number of fused-ring (bicyclic) bond motifs is 1. The van der Waals surface area contributed by atoms with Gasteiger partial charge in [-0.2, -0.15) is 0 Å². The zero-order valence-corrected chi connectivity index (χ0v) is 17.4. The lowest BCUT2D eigenvalue weighted by Gasteiger charge is -2.34. The molecule has 1 saturated heterocycles. The van der Waals surface area contributed by atoms with Gasteiger partial charge in [-0.1, -0.05) is 30.3 Å². The molecule has 2 aromatic rings. The van der Waals surface area contributed by atoms with Crippen molar-refractivity contribution in [2.45, 2.75) is 38.8 Å². The van der Waals surface area contributed by atoms with Crippen LogP contribution in [0.15, 0.2) is 42.5 Å². The fourth-order valence-electron chi connectivity index (χ4n) is 4.11. The van der Waals surface area contributed by atoms with Gasteiger partial charge in [-0.25, -0.2) is 9.18 Å². The number of cyclic esters (lactones) is 1. The topological polar surface area (TPSA) is 75.7 Å². The molecule has 6 nitrogen and oxygen atoms in total. The van der Waals surface area contributed by atoms with Crippen LogP contribution in [0.4, 0.5) is 4.39 Å². The molecule has 0 saturated carbocycles. The predicted octanol–water partition coefficient (Wildman–Crippen LogP) is 2.77. The van der Waals surface area contributed by atoms with Gasteiger partial charge in [0.25, 0.3) is 5.91 Å². The maximum absolute atomic E-state index is 13.7. The summed E-state index contributed by atoms with van der Waals surface area (Å²) in [7, 11) is 0. The molecule has 0 aromatic heterocycles. The molecule has 0 bridgehead atoms. The lowest BCUT2D eigenvalue weighted by Crippen LogP contribution is -2.49. The van der Waals surface area contributed by atoms with Crippen molar-refractivity contribution in [2.75, 3.05) is 13.1 Å². The fraction of sp³-hybridized carbons (Fsp3) is 0.375. The second-order valence-electron chi connectivity index (χ2n) is 8.16. The smallest absolute Gasteiger partial charge is 0.339 e. The van der Waals surface area contributed by atoms with Crippen molar-refractivity contribution < 1.29 is 23.5 Å². The first-order valence-corrected chi connectivity index (χ1v) is 10.5. The van der Waals surface area contributed by atoms with Crippen molar-refractivity contribution in [1.29, 1.82) is 0 Å². The molecule has 2 amide bonds. The van der Waals surface area contributed by atoms with Crippen LogP contribution in [0.3, 0.4) is 0 Å². The maximum atomic E-state index is 13.7. The van der Waals surface area contributed by atoms with Crippen LogP contribution in [-0.4, -0.2) is 41.9 Å². The van der Waals surface area contributed by atoms with Gasteiger partial charge in [0.1, 0.15) is 5.82 Å². The van der Waals surface area contributed by atoms with E-state index < -0.39 is 12.1 Å². The fourth-order valence-corrected chi connectivity index (χ4v) is 4.11. The Hall–Kier alpha value is -3.22. The molecule has 2 aliphatic rings. The average Bonchev–Trinajstić information content (AvgIpc) is 2.79. The van der Waals surface area contributed by atoms with E-state index in [1.807, 2.05) is 12.1 Å². The second kappa shape index (κ2) is 8.88. The van der Waals surface area contributed by atoms with Gasteiger partial charge in [0.05, 0.1) is 5.56 Å². The first-order chi connectivity index (χ1) is 14.9. The summed E-state index contributed by atoms with van der Waals surface area (Å²) in [5, 5.41) is 2.86. The van der Waals surface area contributed by atoms with Crippen molar-refractivity contribution in [1.82, 2.24) is 10.2 Å². The standard InChI is InChI=1S/C24H25FN2O4/c1-15-6-7-16(12-20(15)25)14-26-22(28)17-8-10-27(11-9-17)23(29)21-13-18-4-2-3-5-19(18)24(30)31-21/h2-7,12,17,21H,8-11,13-14H2,1H3,(H,26,28)/t21-/m0/s1. The Balaban J connectivity index is 1.28.